The summed E-state index contributed by atoms with van der Waals surface area (Å²) in [7, 11) is -6.11. The van der Waals surface area contributed by atoms with Gasteiger partial charge in [0, 0.05) is 18.8 Å². The molecule has 1 heterocycles. The van der Waals surface area contributed by atoms with Gasteiger partial charge in [-0.15, -0.1) is 0 Å². The van der Waals surface area contributed by atoms with Gasteiger partial charge in [-0.1, -0.05) is 35.9 Å². The molecule has 0 saturated carbocycles. The molecule has 0 unspecified atom stereocenters. The molecule has 1 N–H and O–H groups in total. The first-order chi connectivity index (χ1) is 15.2. The number of nitrogens with zero attached hydrogens (tertiary/aromatic N) is 1. The number of rotatable bonds is 6. The lowest BCUT2D eigenvalue weighted by Gasteiger charge is -2.28. The van der Waals surface area contributed by atoms with E-state index in [2.05, 4.69) is 4.72 Å². The van der Waals surface area contributed by atoms with E-state index in [4.69, 9.17) is 4.74 Å². The average molecular weight is 473 g/mol. The Kier molecular flexibility index (Phi) is 5.98. The molecule has 4 rings (SSSR count). The Morgan fingerprint density at radius 3 is 2.34 bits per heavy atom. The van der Waals surface area contributed by atoms with Gasteiger partial charge in [0.25, 0.3) is 10.0 Å². The van der Waals surface area contributed by atoms with Crippen molar-refractivity contribution in [1.82, 2.24) is 4.31 Å². The van der Waals surface area contributed by atoms with Crippen LogP contribution in [0.25, 0.3) is 0 Å². The molecular weight excluding hydrogens is 448 g/mol. The van der Waals surface area contributed by atoms with Crippen LogP contribution in [0.5, 0.6) is 5.75 Å². The molecule has 0 spiro atoms. The van der Waals surface area contributed by atoms with Crippen LogP contribution in [0.15, 0.2) is 76.5 Å². The topological polar surface area (TPSA) is 92.8 Å². The Labute approximate surface area is 188 Å². The van der Waals surface area contributed by atoms with E-state index in [1.807, 2.05) is 13.0 Å². The maximum absolute atomic E-state index is 13.1. The number of sulfonamides is 2. The Morgan fingerprint density at radius 1 is 0.906 bits per heavy atom. The highest BCUT2D eigenvalue weighted by atomic mass is 32.2. The normalized spacial score (nSPS) is 14.6. The molecule has 0 saturated heterocycles. The summed E-state index contributed by atoms with van der Waals surface area (Å²) in [6.45, 7) is 2.45. The number of methoxy groups -OCH3 is 1. The lowest BCUT2D eigenvalue weighted by atomic mass is 10.0. The molecule has 3 aromatic rings. The maximum atomic E-state index is 13.1. The first kappa shape index (κ1) is 22.3. The van der Waals surface area contributed by atoms with Crippen LogP contribution in [0.2, 0.25) is 0 Å². The molecule has 9 heteroatoms. The molecule has 0 amide bonds. The average Bonchev–Trinajstić information content (AvgIpc) is 2.78. The predicted molar refractivity (Wildman–Crippen MR) is 123 cm³/mol. The first-order valence-corrected chi connectivity index (χ1v) is 13.0. The third kappa shape index (κ3) is 4.36. The number of hydrogen-bond acceptors (Lipinski definition) is 5. The Hall–Kier alpha value is -2.88. The highest BCUT2D eigenvalue weighted by Gasteiger charge is 2.29. The van der Waals surface area contributed by atoms with Crippen molar-refractivity contribution < 1.29 is 21.6 Å². The van der Waals surface area contributed by atoms with Crippen molar-refractivity contribution in [2.45, 2.75) is 29.7 Å². The fraction of sp³-hybridized carbons (Fsp3) is 0.217. The van der Waals surface area contributed by atoms with Gasteiger partial charge in [-0.3, -0.25) is 4.72 Å². The molecule has 7 nitrogen and oxygen atoms in total. The quantitative estimate of drug-likeness (QED) is 0.592. The number of para-hydroxylation sites is 1. The van der Waals surface area contributed by atoms with Crippen molar-refractivity contribution in [3.63, 3.8) is 0 Å². The van der Waals surface area contributed by atoms with E-state index in [0.717, 1.165) is 16.7 Å². The fourth-order valence-corrected chi connectivity index (χ4v) is 6.35. The number of anilines is 1. The molecule has 168 valence electrons. The number of aryl methyl sites for hydroxylation is 1. The molecule has 0 aromatic heterocycles. The molecule has 0 aliphatic carbocycles. The van der Waals surface area contributed by atoms with Crippen molar-refractivity contribution in [3.05, 3.63) is 83.4 Å². The molecule has 1 aliphatic heterocycles. The Bertz CT molecular complexity index is 1350. The van der Waals surface area contributed by atoms with Crippen molar-refractivity contribution in [2.24, 2.45) is 0 Å². The predicted octanol–water partition coefficient (Wildman–Crippen LogP) is 3.55. The second-order valence-corrected chi connectivity index (χ2v) is 11.2. The van der Waals surface area contributed by atoms with Crippen molar-refractivity contribution in [3.8, 4) is 5.75 Å². The lowest BCUT2D eigenvalue weighted by molar-refractivity contribution is 0.391. The summed E-state index contributed by atoms with van der Waals surface area (Å²) in [6.07, 6.45) is 0.556. The summed E-state index contributed by atoms with van der Waals surface area (Å²) in [6, 6.07) is 18.4. The number of benzene rings is 3. The summed E-state index contributed by atoms with van der Waals surface area (Å²) in [5.74, 6) is 0.244. The van der Waals surface area contributed by atoms with Crippen LogP contribution in [0.3, 0.4) is 0 Å². The van der Waals surface area contributed by atoms with Crippen LogP contribution < -0.4 is 9.46 Å². The largest absolute Gasteiger partial charge is 0.495 e. The summed E-state index contributed by atoms with van der Waals surface area (Å²) < 4.78 is 61.1. The van der Waals surface area contributed by atoms with Crippen LogP contribution in [0.4, 0.5) is 5.69 Å². The van der Waals surface area contributed by atoms with Crippen LogP contribution in [0.1, 0.15) is 16.7 Å². The summed E-state index contributed by atoms with van der Waals surface area (Å²) in [4.78, 5) is 0.281. The standard InChI is InChI=1S/C23H24N2O5S2/c1-17-7-11-21(12-8-17)32(28,29)25-14-13-18-9-10-20(15-19(18)16-25)24-31(26,27)23-6-4-3-5-22(23)30-2/h3-12,15,24H,13-14,16H2,1-2H3. The van der Waals surface area contributed by atoms with Gasteiger partial charge >= 0.3 is 0 Å². The van der Waals surface area contributed by atoms with Gasteiger partial charge in [-0.2, -0.15) is 4.31 Å². The number of hydrogen-bond donors (Lipinski definition) is 1. The van der Waals surface area contributed by atoms with Gasteiger partial charge in [-0.25, -0.2) is 16.8 Å². The first-order valence-electron chi connectivity index (χ1n) is 10.1. The molecule has 0 fully saturated rings. The zero-order valence-electron chi connectivity index (χ0n) is 17.8. The SMILES string of the molecule is COc1ccccc1S(=O)(=O)Nc1ccc2c(c1)CN(S(=O)(=O)c1ccc(C)cc1)CC2. The minimum Gasteiger partial charge on any atom is -0.495 e. The highest BCUT2D eigenvalue weighted by molar-refractivity contribution is 7.92. The van der Waals surface area contributed by atoms with Gasteiger partial charge in [-0.05, 0) is 60.9 Å². The molecule has 0 radical (unpaired) electrons. The van der Waals surface area contributed by atoms with E-state index < -0.39 is 20.0 Å². The van der Waals surface area contributed by atoms with Gasteiger partial charge < -0.3 is 4.74 Å². The zero-order chi connectivity index (χ0) is 22.9. The van der Waals surface area contributed by atoms with Crippen LogP contribution in [0, 0.1) is 6.92 Å². The van der Waals surface area contributed by atoms with E-state index in [1.54, 1.807) is 54.6 Å². The molecule has 32 heavy (non-hydrogen) atoms. The van der Waals surface area contributed by atoms with E-state index >= 15 is 0 Å². The van der Waals surface area contributed by atoms with E-state index in [0.29, 0.717) is 18.7 Å². The number of nitrogens with one attached hydrogen (secondary N) is 1. The van der Waals surface area contributed by atoms with Crippen molar-refractivity contribution >= 4 is 25.7 Å². The molecule has 1 aliphatic rings. The maximum Gasteiger partial charge on any atom is 0.265 e. The highest BCUT2D eigenvalue weighted by Crippen LogP contribution is 2.29. The van der Waals surface area contributed by atoms with E-state index in [1.165, 1.54) is 17.5 Å². The lowest BCUT2D eigenvalue weighted by Crippen LogP contribution is -2.36. The van der Waals surface area contributed by atoms with E-state index in [-0.39, 0.29) is 22.1 Å². The second kappa shape index (κ2) is 8.57. The fourth-order valence-electron chi connectivity index (χ4n) is 3.71. The smallest absolute Gasteiger partial charge is 0.265 e. The number of fused-ring (bicyclic) bond motifs is 1. The third-order valence-electron chi connectivity index (χ3n) is 5.45. The summed E-state index contributed by atoms with van der Waals surface area (Å²) >= 11 is 0. The van der Waals surface area contributed by atoms with Crippen molar-refractivity contribution in [1.29, 1.82) is 0 Å². The molecule has 0 bridgehead atoms. The molecular formula is C23H24N2O5S2. The zero-order valence-corrected chi connectivity index (χ0v) is 19.4. The van der Waals surface area contributed by atoms with Gasteiger partial charge in [0.1, 0.15) is 10.6 Å². The summed E-state index contributed by atoms with van der Waals surface area (Å²) in [5, 5.41) is 0. The van der Waals surface area contributed by atoms with Crippen molar-refractivity contribution in [2.75, 3.05) is 18.4 Å². The number of ether oxygens (including phenoxy) is 1. The van der Waals surface area contributed by atoms with E-state index in [9.17, 15) is 16.8 Å². The Balaban J connectivity index is 1.60. The second-order valence-electron chi connectivity index (χ2n) is 7.64. The van der Waals surface area contributed by atoms with Crippen LogP contribution in [-0.2, 0) is 33.0 Å². The minimum absolute atomic E-state index is 0.0313. The summed E-state index contributed by atoms with van der Waals surface area (Å²) in [5.41, 5.74) is 3.12. The molecule has 0 atom stereocenters. The van der Waals surface area contributed by atoms with Gasteiger partial charge in [0.05, 0.1) is 12.0 Å². The molecule has 3 aromatic carbocycles. The Morgan fingerprint density at radius 2 is 1.62 bits per heavy atom. The minimum atomic E-state index is -3.88. The van der Waals surface area contributed by atoms with Gasteiger partial charge in [0.15, 0.2) is 0 Å². The monoisotopic (exact) mass is 472 g/mol. The van der Waals surface area contributed by atoms with Crippen LogP contribution in [-0.4, -0.2) is 34.8 Å². The third-order valence-corrected chi connectivity index (χ3v) is 8.73. The van der Waals surface area contributed by atoms with Gasteiger partial charge in [0.2, 0.25) is 10.0 Å². The van der Waals surface area contributed by atoms with Crippen LogP contribution >= 0.6 is 0 Å².